The van der Waals surface area contributed by atoms with E-state index in [4.69, 9.17) is 0 Å². The number of hydrogen-bond acceptors (Lipinski definition) is 2. The molecule has 1 aliphatic carbocycles. The van der Waals surface area contributed by atoms with Crippen LogP contribution in [0.2, 0.25) is 0 Å². The third-order valence-electron chi connectivity index (χ3n) is 1.26. The molecule has 1 rings (SSSR count). The van der Waals surface area contributed by atoms with E-state index < -0.39 is 9.84 Å². The molecule has 10 heavy (non-hydrogen) atoms. The van der Waals surface area contributed by atoms with Gasteiger partial charge in [0.05, 0.1) is 0 Å². The van der Waals surface area contributed by atoms with Crippen molar-refractivity contribution >= 4 is 9.84 Å². The molecule has 0 atom stereocenters. The zero-order chi connectivity index (χ0) is 7.61. The Bertz CT molecular complexity index is 314. The largest absolute Gasteiger partial charge is 0.224 e. The Kier molecular flexibility index (Phi) is 1.79. The van der Waals surface area contributed by atoms with E-state index in [2.05, 4.69) is 5.73 Å². The number of rotatable bonds is 1. The lowest BCUT2D eigenvalue weighted by atomic mass is 10.3. The number of allylic oxidation sites excluding steroid dienone is 3. The third kappa shape index (κ3) is 1.59. The molecular formula is C7H8O2S. The van der Waals surface area contributed by atoms with Gasteiger partial charge in [0.2, 0.25) is 0 Å². The zero-order valence-corrected chi connectivity index (χ0v) is 6.48. The quantitative estimate of drug-likeness (QED) is 0.531. The number of hydrogen-bond donors (Lipinski definition) is 0. The summed E-state index contributed by atoms with van der Waals surface area (Å²) in [4.78, 5) is 0.464. The molecule has 0 bridgehead atoms. The highest BCUT2D eigenvalue weighted by atomic mass is 32.2. The normalized spacial score (nSPS) is 17.1. The average Bonchev–Trinajstić information content (AvgIpc) is 1.88. The lowest BCUT2D eigenvalue weighted by Gasteiger charge is -2.00. The van der Waals surface area contributed by atoms with E-state index in [0.717, 1.165) is 0 Å². The van der Waals surface area contributed by atoms with Gasteiger partial charge in [-0.25, -0.2) is 8.42 Å². The highest BCUT2D eigenvalue weighted by molar-refractivity contribution is 7.94. The van der Waals surface area contributed by atoms with E-state index in [1.165, 1.54) is 6.26 Å². The van der Waals surface area contributed by atoms with Crippen molar-refractivity contribution in [3.8, 4) is 0 Å². The summed E-state index contributed by atoms with van der Waals surface area (Å²) in [5.74, 6) is 0. The Labute approximate surface area is 60.5 Å². The smallest absolute Gasteiger partial charge is 0.172 e. The van der Waals surface area contributed by atoms with E-state index in [9.17, 15) is 8.42 Å². The fraction of sp³-hybridized carbons (Fsp3) is 0.286. The molecule has 0 fully saturated rings. The Hall–Kier alpha value is -0.790. The van der Waals surface area contributed by atoms with Gasteiger partial charge in [0.1, 0.15) is 0 Å². The summed E-state index contributed by atoms with van der Waals surface area (Å²) in [7, 11) is -2.97. The van der Waals surface area contributed by atoms with Gasteiger partial charge in [0.15, 0.2) is 9.84 Å². The Morgan fingerprint density at radius 1 is 1.60 bits per heavy atom. The summed E-state index contributed by atoms with van der Waals surface area (Å²) in [5, 5.41) is 0. The molecule has 0 saturated carbocycles. The minimum atomic E-state index is -2.97. The minimum absolute atomic E-state index is 0.464. The zero-order valence-electron chi connectivity index (χ0n) is 5.66. The van der Waals surface area contributed by atoms with Crippen molar-refractivity contribution in [2.75, 3.05) is 6.26 Å². The average molecular weight is 156 g/mol. The van der Waals surface area contributed by atoms with Gasteiger partial charge in [0, 0.05) is 17.6 Å². The van der Waals surface area contributed by atoms with Crippen LogP contribution in [0.15, 0.2) is 28.9 Å². The van der Waals surface area contributed by atoms with Gasteiger partial charge in [-0.15, -0.1) is 5.73 Å². The van der Waals surface area contributed by atoms with Gasteiger partial charge in [0.25, 0.3) is 0 Å². The highest BCUT2D eigenvalue weighted by Crippen LogP contribution is 2.12. The molecule has 2 nitrogen and oxygen atoms in total. The second-order valence-corrected chi connectivity index (χ2v) is 4.22. The van der Waals surface area contributed by atoms with Crippen molar-refractivity contribution in [3.05, 3.63) is 28.9 Å². The van der Waals surface area contributed by atoms with Crippen LogP contribution in [0.3, 0.4) is 0 Å². The molecule has 0 aliphatic heterocycles. The van der Waals surface area contributed by atoms with Crippen molar-refractivity contribution in [2.24, 2.45) is 0 Å². The molecule has 0 N–H and O–H groups in total. The molecule has 0 aromatic rings. The predicted octanol–water partition coefficient (Wildman–Crippen LogP) is 1.03. The van der Waals surface area contributed by atoms with E-state index in [1.807, 2.05) is 0 Å². The van der Waals surface area contributed by atoms with Crippen LogP contribution in [0.1, 0.15) is 6.42 Å². The first-order valence-electron chi connectivity index (χ1n) is 2.91. The Morgan fingerprint density at radius 2 is 2.30 bits per heavy atom. The molecular weight excluding hydrogens is 148 g/mol. The van der Waals surface area contributed by atoms with E-state index in [-0.39, 0.29) is 0 Å². The second-order valence-electron chi connectivity index (χ2n) is 2.15. The molecule has 0 aromatic carbocycles. The van der Waals surface area contributed by atoms with Gasteiger partial charge in [-0.3, -0.25) is 0 Å². The molecule has 0 unspecified atom stereocenters. The van der Waals surface area contributed by atoms with Crippen LogP contribution in [0.5, 0.6) is 0 Å². The van der Waals surface area contributed by atoms with Crippen molar-refractivity contribution in [1.82, 2.24) is 0 Å². The minimum Gasteiger partial charge on any atom is -0.224 e. The van der Waals surface area contributed by atoms with Crippen molar-refractivity contribution in [1.29, 1.82) is 0 Å². The van der Waals surface area contributed by atoms with Crippen LogP contribution in [-0.4, -0.2) is 14.7 Å². The van der Waals surface area contributed by atoms with Gasteiger partial charge in [-0.1, -0.05) is 0 Å². The summed E-state index contributed by atoms with van der Waals surface area (Å²) in [6, 6.07) is 0. The van der Waals surface area contributed by atoms with Crippen LogP contribution < -0.4 is 0 Å². The maximum Gasteiger partial charge on any atom is 0.172 e. The maximum absolute atomic E-state index is 10.9. The first kappa shape index (κ1) is 7.32. The SMILES string of the molecule is CS(=O)(=O)C1=CC=C=CC1. The topological polar surface area (TPSA) is 34.1 Å². The van der Waals surface area contributed by atoms with E-state index >= 15 is 0 Å². The van der Waals surface area contributed by atoms with Crippen LogP contribution in [0.25, 0.3) is 0 Å². The summed E-state index contributed by atoms with van der Waals surface area (Å²) in [6.07, 6.45) is 6.59. The molecule has 3 heteroatoms. The van der Waals surface area contributed by atoms with Crippen molar-refractivity contribution in [3.63, 3.8) is 0 Å². The second kappa shape index (κ2) is 2.45. The predicted molar refractivity (Wildman–Crippen MR) is 40.2 cm³/mol. The fourth-order valence-corrected chi connectivity index (χ4v) is 1.41. The molecule has 0 saturated heterocycles. The summed E-state index contributed by atoms with van der Waals surface area (Å²) in [6.45, 7) is 0. The van der Waals surface area contributed by atoms with Gasteiger partial charge < -0.3 is 0 Å². The number of sulfone groups is 1. The molecule has 0 amide bonds. The fourth-order valence-electron chi connectivity index (χ4n) is 0.712. The van der Waals surface area contributed by atoms with Crippen LogP contribution >= 0.6 is 0 Å². The molecule has 1 aliphatic rings. The molecule has 54 valence electrons. The highest BCUT2D eigenvalue weighted by Gasteiger charge is 2.08. The van der Waals surface area contributed by atoms with Gasteiger partial charge in [-0.05, 0) is 18.2 Å². The van der Waals surface area contributed by atoms with Crippen LogP contribution in [0.4, 0.5) is 0 Å². The van der Waals surface area contributed by atoms with Crippen LogP contribution in [0, 0.1) is 0 Å². The van der Waals surface area contributed by atoms with Crippen molar-refractivity contribution < 1.29 is 8.42 Å². The van der Waals surface area contributed by atoms with E-state index in [0.29, 0.717) is 11.3 Å². The molecule has 0 aromatic heterocycles. The Balaban J connectivity index is 3.01. The monoisotopic (exact) mass is 156 g/mol. The van der Waals surface area contributed by atoms with Gasteiger partial charge >= 0.3 is 0 Å². The van der Waals surface area contributed by atoms with Gasteiger partial charge in [-0.2, -0.15) is 0 Å². The molecule has 0 radical (unpaired) electrons. The van der Waals surface area contributed by atoms with E-state index in [1.54, 1.807) is 18.2 Å². The maximum atomic E-state index is 10.9. The lowest BCUT2D eigenvalue weighted by Crippen LogP contribution is -2.00. The summed E-state index contributed by atoms with van der Waals surface area (Å²) >= 11 is 0. The van der Waals surface area contributed by atoms with Crippen LogP contribution in [-0.2, 0) is 9.84 Å². The van der Waals surface area contributed by atoms with Crippen molar-refractivity contribution in [2.45, 2.75) is 6.42 Å². The Morgan fingerprint density at radius 3 is 2.60 bits per heavy atom. The molecule has 0 spiro atoms. The molecule has 0 heterocycles. The standard InChI is InChI=1S/C7H8O2S/c1-10(8,9)7-5-3-2-4-6-7/h3-5H,6H2,1H3. The summed E-state index contributed by atoms with van der Waals surface area (Å²) < 4.78 is 21.7. The lowest BCUT2D eigenvalue weighted by molar-refractivity contribution is 0.606. The summed E-state index contributed by atoms with van der Waals surface area (Å²) in [5.41, 5.74) is 2.80. The third-order valence-corrected chi connectivity index (χ3v) is 2.52. The first-order chi connectivity index (χ1) is 4.61. The first-order valence-corrected chi connectivity index (χ1v) is 4.80.